The van der Waals surface area contributed by atoms with Gasteiger partial charge >= 0.3 is 0 Å². The number of hydrogen-bond donors (Lipinski definition) is 0. The highest BCUT2D eigenvalue weighted by Crippen LogP contribution is 2.58. The molecule has 1 rings (SSSR count). The van der Waals surface area contributed by atoms with Gasteiger partial charge in [-0.1, -0.05) is 81.1 Å². The Bertz CT molecular complexity index is 278. The minimum absolute atomic E-state index is 0.290. The van der Waals surface area contributed by atoms with Gasteiger partial charge in [0.2, 0.25) is 8.32 Å². The average Bonchev–Trinajstić information content (AvgIpc) is 2.33. The third-order valence-electron chi connectivity index (χ3n) is 5.44. The van der Waals surface area contributed by atoms with E-state index < -0.39 is 8.32 Å². The molecule has 1 nitrogen and oxygen atoms in total. The number of rotatable bonds is 4. The quantitative estimate of drug-likeness (QED) is 0.526. The van der Waals surface area contributed by atoms with Crippen molar-refractivity contribution in [1.29, 1.82) is 0 Å². The lowest BCUT2D eigenvalue weighted by molar-refractivity contribution is 0.118. The Morgan fingerprint density at radius 2 is 1.40 bits per heavy atom. The maximum atomic E-state index is 7.10. The van der Waals surface area contributed by atoms with E-state index in [1.807, 2.05) is 0 Å². The standard InChI is InChI=1S/C18H38OSi/c1-9-15(2)20(17(3,4)5,18(6,7)8)19-16-13-11-10-12-14-16/h15-16H,9-14H2,1-8H3. The summed E-state index contributed by atoms with van der Waals surface area (Å²) in [5.41, 5.74) is 0.712. The molecule has 0 heterocycles. The molecule has 20 heavy (non-hydrogen) atoms. The Kier molecular flexibility index (Phi) is 5.94. The molecule has 0 N–H and O–H groups in total. The fourth-order valence-electron chi connectivity index (χ4n) is 4.81. The summed E-state index contributed by atoms with van der Waals surface area (Å²) in [5.74, 6) is 0. The van der Waals surface area contributed by atoms with Crippen LogP contribution in [0.4, 0.5) is 0 Å². The minimum atomic E-state index is -1.89. The van der Waals surface area contributed by atoms with Crippen LogP contribution >= 0.6 is 0 Å². The largest absolute Gasteiger partial charge is 0.413 e. The van der Waals surface area contributed by atoms with Gasteiger partial charge in [0.15, 0.2) is 0 Å². The van der Waals surface area contributed by atoms with Crippen molar-refractivity contribution in [3.05, 3.63) is 0 Å². The van der Waals surface area contributed by atoms with Gasteiger partial charge in [-0.2, -0.15) is 0 Å². The average molecular weight is 299 g/mol. The summed E-state index contributed by atoms with van der Waals surface area (Å²) in [5, 5.41) is 0.580. The first-order valence-electron chi connectivity index (χ1n) is 8.74. The highest BCUT2D eigenvalue weighted by atomic mass is 28.4. The predicted molar refractivity (Wildman–Crippen MR) is 92.9 cm³/mol. The van der Waals surface area contributed by atoms with Gasteiger partial charge in [-0.25, -0.2) is 0 Å². The van der Waals surface area contributed by atoms with Crippen LogP contribution in [0.1, 0.15) is 93.9 Å². The van der Waals surface area contributed by atoms with Gasteiger partial charge < -0.3 is 4.43 Å². The zero-order valence-corrected chi connectivity index (χ0v) is 16.3. The van der Waals surface area contributed by atoms with Crippen molar-refractivity contribution < 1.29 is 4.43 Å². The molecule has 1 fully saturated rings. The molecule has 0 amide bonds. The molecule has 0 saturated heterocycles. The molecular formula is C18H38OSi. The second-order valence-electron chi connectivity index (χ2n) is 8.92. The molecule has 0 bridgehead atoms. The number of hydrogen-bond acceptors (Lipinski definition) is 1. The maximum Gasteiger partial charge on any atom is 0.206 e. The highest BCUT2D eigenvalue weighted by Gasteiger charge is 2.58. The molecule has 120 valence electrons. The summed E-state index contributed by atoms with van der Waals surface area (Å²) in [7, 11) is -1.89. The Morgan fingerprint density at radius 3 is 1.75 bits per heavy atom. The Morgan fingerprint density at radius 1 is 0.950 bits per heavy atom. The van der Waals surface area contributed by atoms with E-state index in [1.165, 1.54) is 38.5 Å². The van der Waals surface area contributed by atoms with Crippen LogP contribution in [0.5, 0.6) is 0 Å². The van der Waals surface area contributed by atoms with E-state index in [9.17, 15) is 0 Å². The van der Waals surface area contributed by atoms with Crippen molar-refractivity contribution in [3.8, 4) is 0 Å². The summed E-state index contributed by atoms with van der Waals surface area (Å²) in [6.07, 6.45) is 8.49. The molecule has 0 radical (unpaired) electrons. The molecule has 2 heteroatoms. The maximum absolute atomic E-state index is 7.10. The normalized spacial score (nSPS) is 21.0. The predicted octanol–water partition coefficient (Wildman–Crippen LogP) is 6.68. The first-order valence-corrected chi connectivity index (χ1v) is 10.7. The molecule has 0 aromatic carbocycles. The van der Waals surface area contributed by atoms with Crippen LogP contribution in [0.15, 0.2) is 0 Å². The SMILES string of the molecule is CCC(C)[Si](OC1CCCCC1)(C(C)(C)C)C(C)(C)C. The summed E-state index contributed by atoms with van der Waals surface area (Å²) in [4.78, 5) is 0. The van der Waals surface area contributed by atoms with Crippen LogP contribution in [0.2, 0.25) is 15.6 Å². The summed E-state index contributed by atoms with van der Waals surface area (Å²) in [6, 6.07) is 0. The topological polar surface area (TPSA) is 9.23 Å². The van der Waals surface area contributed by atoms with E-state index in [4.69, 9.17) is 4.43 Å². The zero-order chi connectivity index (χ0) is 15.6. The van der Waals surface area contributed by atoms with Gasteiger partial charge in [-0.05, 0) is 28.5 Å². The van der Waals surface area contributed by atoms with Gasteiger partial charge in [0.25, 0.3) is 0 Å². The van der Waals surface area contributed by atoms with Crippen molar-refractivity contribution >= 4 is 8.32 Å². The van der Waals surface area contributed by atoms with E-state index in [2.05, 4.69) is 55.4 Å². The molecule has 0 aromatic heterocycles. The van der Waals surface area contributed by atoms with E-state index in [0.717, 1.165) is 0 Å². The smallest absolute Gasteiger partial charge is 0.206 e. The zero-order valence-electron chi connectivity index (χ0n) is 15.3. The summed E-state index contributed by atoms with van der Waals surface area (Å²) < 4.78 is 7.10. The second-order valence-corrected chi connectivity index (χ2v) is 14.6. The molecule has 1 aliphatic rings. The molecule has 1 saturated carbocycles. The van der Waals surface area contributed by atoms with Crippen LogP contribution in [0.25, 0.3) is 0 Å². The van der Waals surface area contributed by atoms with Crippen molar-refractivity contribution in [2.75, 3.05) is 0 Å². The lowest BCUT2D eigenvalue weighted by Crippen LogP contribution is -2.59. The molecule has 1 atom stereocenters. The molecular weight excluding hydrogens is 260 g/mol. The Hall–Kier alpha value is 0.177. The first-order chi connectivity index (χ1) is 9.06. The van der Waals surface area contributed by atoms with Crippen molar-refractivity contribution in [2.45, 2.75) is 116 Å². The Balaban J connectivity index is 3.15. The molecule has 1 unspecified atom stereocenters. The van der Waals surface area contributed by atoms with Crippen molar-refractivity contribution in [1.82, 2.24) is 0 Å². The molecule has 0 aliphatic heterocycles. The Labute approximate surface area is 129 Å². The van der Waals surface area contributed by atoms with Gasteiger partial charge in [0, 0.05) is 6.10 Å². The molecule has 0 aromatic rings. The van der Waals surface area contributed by atoms with Crippen LogP contribution in [-0.2, 0) is 4.43 Å². The first kappa shape index (κ1) is 18.2. The van der Waals surface area contributed by atoms with Crippen molar-refractivity contribution in [2.24, 2.45) is 0 Å². The van der Waals surface area contributed by atoms with E-state index in [-0.39, 0.29) is 10.1 Å². The second kappa shape index (κ2) is 6.52. The van der Waals surface area contributed by atoms with Crippen LogP contribution in [-0.4, -0.2) is 14.4 Å². The third kappa shape index (κ3) is 3.49. The van der Waals surface area contributed by atoms with Crippen LogP contribution in [0, 0.1) is 0 Å². The minimum Gasteiger partial charge on any atom is -0.413 e. The molecule has 0 spiro atoms. The van der Waals surface area contributed by atoms with Crippen LogP contribution < -0.4 is 0 Å². The molecule has 1 aliphatic carbocycles. The summed E-state index contributed by atoms with van der Waals surface area (Å²) in [6.45, 7) is 19.4. The fraction of sp³-hybridized carbons (Fsp3) is 1.00. The lowest BCUT2D eigenvalue weighted by Gasteiger charge is -2.56. The van der Waals surface area contributed by atoms with E-state index >= 15 is 0 Å². The van der Waals surface area contributed by atoms with Crippen molar-refractivity contribution in [3.63, 3.8) is 0 Å². The van der Waals surface area contributed by atoms with Gasteiger partial charge in [0.1, 0.15) is 0 Å². The van der Waals surface area contributed by atoms with Crippen LogP contribution in [0.3, 0.4) is 0 Å². The summed E-state index contributed by atoms with van der Waals surface area (Å²) >= 11 is 0. The van der Waals surface area contributed by atoms with E-state index in [0.29, 0.717) is 11.6 Å². The van der Waals surface area contributed by atoms with Gasteiger partial charge in [-0.15, -0.1) is 0 Å². The fourth-order valence-corrected chi connectivity index (χ4v) is 12.3. The monoisotopic (exact) mass is 298 g/mol. The van der Waals surface area contributed by atoms with Gasteiger partial charge in [0.05, 0.1) is 0 Å². The lowest BCUT2D eigenvalue weighted by atomic mass is 9.98. The van der Waals surface area contributed by atoms with E-state index in [1.54, 1.807) is 0 Å². The third-order valence-corrected chi connectivity index (χ3v) is 12.4. The van der Waals surface area contributed by atoms with Gasteiger partial charge in [-0.3, -0.25) is 0 Å². The highest BCUT2D eigenvalue weighted by molar-refractivity contribution is 6.80.